The number of nitrogens with zero attached hydrogens (tertiary/aromatic N) is 1. The normalized spacial score (nSPS) is 22.3. The zero-order valence-electron chi connectivity index (χ0n) is 17.5. The summed E-state index contributed by atoms with van der Waals surface area (Å²) in [6.45, 7) is -0.305. The Morgan fingerprint density at radius 2 is 1.79 bits per heavy atom. The van der Waals surface area contributed by atoms with Gasteiger partial charge in [-0.25, -0.2) is 0 Å². The monoisotopic (exact) mass is 488 g/mol. The number of rotatable bonds is 5. The van der Waals surface area contributed by atoms with Crippen molar-refractivity contribution >= 4 is 52.8 Å². The van der Waals surface area contributed by atoms with Gasteiger partial charge in [-0.05, 0) is 17.7 Å². The fourth-order valence-electron chi connectivity index (χ4n) is 3.70. The number of carbonyl (C=O) groups excluding carboxylic acids is 4. The maximum Gasteiger partial charge on any atom is 0.251 e. The highest BCUT2D eigenvalue weighted by atomic mass is 32.2. The van der Waals surface area contributed by atoms with Gasteiger partial charge in [-0.1, -0.05) is 42.5 Å². The lowest BCUT2D eigenvalue weighted by Crippen LogP contribution is -2.58. The van der Waals surface area contributed by atoms with Crippen LogP contribution in [0.25, 0.3) is 0 Å². The highest BCUT2D eigenvalue weighted by molar-refractivity contribution is 8.00. The average Bonchev–Trinajstić information content (AvgIpc) is 2.90. The molecule has 0 bridgehead atoms. The maximum absolute atomic E-state index is 13.7. The van der Waals surface area contributed by atoms with Gasteiger partial charge in [0, 0.05) is 10.6 Å². The SMILES string of the molecule is NC(=O)CN1C(=O)[C@H](NC(=O)C2CSCC(=O)N2)[C@@H](c2ccccc2)Sc2ccccc21.O. The molecule has 4 amide bonds. The van der Waals surface area contributed by atoms with Crippen LogP contribution in [0.15, 0.2) is 59.5 Å². The first kappa shape index (κ1) is 24.6. The fraction of sp³-hybridized carbons (Fsp3) is 0.273. The third-order valence-corrected chi connectivity index (χ3v) is 7.59. The third kappa shape index (κ3) is 5.49. The smallest absolute Gasteiger partial charge is 0.251 e. The minimum Gasteiger partial charge on any atom is -0.412 e. The van der Waals surface area contributed by atoms with Gasteiger partial charge in [-0.2, -0.15) is 0 Å². The van der Waals surface area contributed by atoms with Crippen LogP contribution in [-0.2, 0) is 19.2 Å². The number of primary amides is 1. The standard InChI is InChI=1S/C22H22N4O4S2.H2O/c23-17(27)10-26-15-8-4-5-9-16(15)32-20(13-6-2-1-3-7-13)19(22(26)30)25-21(29)14-11-31-12-18(28)24-14;/h1-9,14,19-20H,10-12H2,(H2,23,27)(H,24,28)(H,25,29);1H2/t14?,19-,20-;/m1./s1. The first-order valence-corrected chi connectivity index (χ1v) is 12.1. The van der Waals surface area contributed by atoms with Crippen molar-refractivity contribution in [3.05, 3.63) is 60.2 Å². The van der Waals surface area contributed by atoms with Gasteiger partial charge in [0.2, 0.25) is 17.7 Å². The summed E-state index contributed by atoms with van der Waals surface area (Å²) in [6, 6.07) is 15.0. The van der Waals surface area contributed by atoms with Gasteiger partial charge in [-0.3, -0.25) is 19.2 Å². The Morgan fingerprint density at radius 3 is 2.48 bits per heavy atom. The molecule has 0 radical (unpaired) electrons. The predicted octanol–water partition coefficient (Wildman–Crippen LogP) is 0.244. The van der Waals surface area contributed by atoms with Crippen molar-refractivity contribution in [2.75, 3.05) is 23.0 Å². The topological polar surface area (TPSA) is 153 Å². The van der Waals surface area contributed by atoms with E-state index in [1.165, 1.54) is 28.4 Å². The number of anilines is 1. The minimum atomic E-state index is -0.967. The summed E-state index contributed by atoms with van der Waals surface area (Å²) < 4.78 is 0. The Labute approximate surface area is 199 Å². The molecule has 2 aromatic rings. The largest absolute Gasteiger partial charge is 0.412 e. The molecule has 0 saturated carbocycles. The summed E-state index contributed by atoms with van der Waals surface area (Å²) in [5.74, 6) is -1.01. The van der Waals surface area contributed by atoms with Crippen molar-refractivity contribution in [3.63, 3.8) is 0 Å². The van der Waals surface area contributed by atoms with Gasteiger partial charge < -0.3 is 26.7 Å². The van der Waals surface area contributed by atoms with Gasteiger partial charge in [0.25, 0.3) is 5.91 Å². The molecule has 1 saturated heterocycles. The number of nitrogens with two attached hydrogens (primary N) is 1. The second kappa shape index (κ2) is 10.7. The molecule has 11 heteroatoms. The van der Waals surface area contributed by atoms with E-state index in [9.17, 15) is 19.2 Å². The van der Waals surface area contributed by atoms with Crippen molar-refractivity contribution in [3.8, 4) is 0 Å². The van der Waals surface area contributed by atoms with Gasteiger partial charge in [0.1, 0.15) is 18.6 Å². The zero-order valence-corrected chi connectivity index (χ0v) is 19.2. The number of nitrogens with one attached hydrogen (secondary N) is 2. The quantitative estimate of drug-likeness (QED) is 0.548. The lowest BCUT2D eigenvalue weighted by molar-refractivity contribution is -0.130. The number of benzene rings is 2. The summed E-state index contributed by atoms with van der Waals surface area (Å²) in [7, 11) is 0. The predicted molar refractivity (Wildman–Crippen MR) is 128 cm³/mol. The Balaban J connectivity index is 0.00000306. The molecule has 9 nitrogen and oxygen atoms in total. The van der Waals surface area contributed by atoms with Crippen molar-refractivity contribution in [1.82, 2.24) is 10.6 Å². The molecule has 1 unspecified atom stereocenters. The fourth-order valence-corrected chi connectivity index (χ4v) is 5.90. The Kier molecular flexibility index (Phi) is 8.01. The molecule has 6 N–H and O–H groups in total. The van der Waals surface area contributed by atoms with Gasteiger partial charge in [0.15, 0.2) is 0 Å². The summed E-state index contributed by atoms with van der Waals surface area (Å²) in [5.41, 5.74) is 6.87. The van der Waals surface area contributed by atoms with Crippen LogP contribution in [0.2, 0.25) is 0 Å². The molecular formula is C22H24N4O5S2. The second-order valence-corrected chi connectivity index (χ2v) is 9.64. The van der Waals surface area contributed by atoms with Crippen LogP contribution in [0.4, 0.5) is 5.69 Å². The number of thioether (sulfide) groups is 2. The van der Waals surface area contributed by atoms with Crippen LogP contribution in [0.1, 0.15) is 10.8 Å². The van der Waals surface area contributed by atoms with Crippen LogP contribution >= 0.6 is 23.5 Å². The highest BCUT2D eigenvalue weighted by Crippen LogP contribution is 2.45. The molecule has 33 heavy (non-hydrogen) atoms. The van der Waals surface area contributed by atoms with Crippen LogP contribution < -0.4 is 21.3 Å². The summed E-state index contributed by atoms with van der Waals surface area (Å²) in [4.78, 5) is 52.4. The van der Waals surface area contributed by atoms with Crippen LogP contribution in [-0.4, -0.2) is 59.2 Å². The lowest BCUT2D eigenvalue weighted by atomic mass is 10.0. The summed E-state index contributed by atoms with van der Waals surface area (Å²) in [6.07, 6.45) is 0. The molecule has 0 aliphatic carbocycles. The Hall–Kier alpha value is -3.02. The number of fused-ring (bicyclic) bond motifs is 1. The van der Waals surface area contributed by atoms with E-state index in [1.54, 1.807) is 12.1 Å². The van der Waals surface area contributed by atoms with E-state index >= 15 is 0 Å². The molecule has 0 aromatic heterocycles. The molecule has 4 rings (SSSR count). The van der Waals surface area contributed by atoms with Crippen molar-refractivity contribution in [1.29, 1.82) is 0 Å². The average molecular weight is 489 g/mol. The van der Waals surface area contributed by atoms with Crippen LogP contribution in [0.3, 0.4) is 0 Å². The third-order valence-electron chi connectivity index (χ3n) is 5.15. The number of carbonyl (C=O) groups is 4. The molecular weight excluding hydrogens is 464 g/mol. The number of amides is 4. The Bertz CT molecular complexity index is 1050. The van der Waals surface area contributed by atoms with E-state index in [0.717, 1.165) is 10.5 Å². The zero-order chi connectivity index (χ0) is 22.7. The molecule has 2 heterocycles. The molecule has 3 atom stereocenters. The van der Waals surface area contributed by atoms with Gasteiger partial charge in [-0.15, -0.1) is 23.5 Å². The first-order chi connectivity index (χ1) is 15.4. The summed E-state index contributed by atoms with van der Waals surface area (Å²) in [5, 5.41) is 5.08. The molecule has 1 fully saturated rings. The van der Waals surface area contributed by atoms with Crippen molar-refractivity contribution in [2.24, 2.45) is 5.73 Å². The highest BCUT2D eigenvalue weighted by Gasteiger charge is 2.41. The van der Waals surface area contributed by atoms with Gasteiger partial charge >= 0.3 is 0 Å². The van der Waals surface area contributed by atoms with Gasteiger partial charge in [0.05, 0.1) is 16.7 Å². The minimum absolute atomic E-state index is 0. The van der Waals surface area contributed by atoms with Crippen molar-refractivity contribution < 1.29 is 24.7 Å². The summed E-state index contributed by atoms with van der Waals surface area (Å²) >= 11 is 2.81. The number of para-hydroxylation sites is 1. The molecule has 2 aromatic carbocycles. The van der Waals surface area contributed by atoms with E-state index in [1.807, 2.05) is 42.5 Å². The number of hydrogen-bond donors (Lipinski definition) is 3. The Morgan fingerprint density at radius 1 is 1.09 bits per heavy atom. The number of hydrogen-bond acceptors (Lipinski definition) is 6. The first-order valence-electron chi connectivity index (χ1n) is 10.0. The molecule has 0 spiro atoms. The molecule has 174 valence electrons. The van der Waals surface area contributed by atoms with E-state index in [2.05, 4.69) is 10.6 Å². The van der Waals surface area contributed by atoms with E-state index in [4.69, 9.17) is 5.73 Å². The molecule has 2 aliphatic rings. The van der Waals surface area contributed by atoms with E-state index in [-0.39, 0.29) is 17.9 Å². The van der Waals surface area contributed by atoms with E-state index in [0.29, 0.717) is 17.2 Å². The maximum atomic E-state index is 13.7. The van der Waals surface area contributed by atoms with E-state index < -0.39 is 35.1 Å². The second-order valence-electron chi connectivity index (χ2n) is 7.43. The lowest BCUT2D eigenvalue weighted by Gasteiger charge is -2.30. The van der Waals surface area contributed by atoms with Crippen LogP contribution in [0.5, 0.6) is 0 Å². The van der Waals surface area contributed by atoms with Crippen molar-refractivity contribution in [2.45, 2.75) is 22.2 Å². The van der Waals surface area contributed by atoms with Crippen LogP contribution in [0, 0.1) is 0 Å². The molecule has 2 aliphatic heterocycles.